The van der Waals surface area contributed by atoms with Gasteiger partial charge in [-0.3, -0.25) is 4.79 Å². The third-order valence-electron chi connectivity index (χ3n) is 4.40. The maximum Gasteiger partial charge on any atom is 0.326 e. The number of para-hydroxylation sites is 3. The van der Waals surface area contributed by atoms with E-state index in [2.05, 4.69) is 10.3 Å². The van der Waals surface area contributed by atoms with Crippen molar-refractivity contribution in [1.82, 2.24) is 14.9 Å². The van der Waals surface area contributed by atoms with Crippen LogP contribution in [0.4, 0.5) is 0 Å². The summed E-state index contributed by atoms with van der Waals surface area (Å²) in [4.78, 5) is 28.5. The smallest absolute Gasteiger partial charge is 0.326 e. The lowest BCUT2D eigenvalue weighted by atomic mass is 10.1. The van der Waals surface area contributed by atoms with Crippen LogP contribution in [-0.4, -0.2) is 32.6 Å². The number of aromatic nitrogens is 2. The van der Waals surface area contributed by atoms with Gasteiger partial charge in [-0.25, -0.2) is 9.78 Å². The number of carbonyl (C=O) groups excluding carboxylic acids is 1. The van der Waals surface area contributed by atoms with E-state index >= 15 is 0 Å². The first kappa shape index (κ1) is 19.4. The van der Waals surface area contributed by atoms with Crippen molar-refractivity contribution in [2.75, 3.05) is 0 Å². The number of nitrogens with one attached hydrogen (secondary N) is 1. The number of nitrogens with zero attached hydrogens (tertiary/aromatic N) is 2. The Balaban J connectivity index is 1.82. The lowest BCUT2D eigenvalue weighted by Crippen LogP contribution is -2.45. The molecule has 1 amide bonds. The van der Waals surface area contributed by atoms with Crippen LogP contribution in [0.25, 0.3) is 11.0 Å². The normalized spacial score (nSPS) is 12.1. The summed E-state index contributed by atoms with van der Waals surface area (Å²) in [5.74, 6) is -0.355. The van der Waals surface area contributed by atoms with E-state index in [9.17, 15) is 14.7 Å². The summed E-state index contributed by atoms with van der Waals surface area (Å²) < 4.78 is 7.55. The highest BCUT2D eigenvalue weighted by Gasteiger charge is 2.24. The first-order chi connectivity index (χ1) is 13.5. The SMILES string of the molecule is CC(C)C(NC(=O)Cn1c(COc2ccccc2)nc2ccccc21)C(=O)O. The number of benzene rings is 2. The number of fused-ring (bicyclic) bond motifs is 1. The molecule has 28 heavy (non-hydrogen) atoms. The molecule has 3 aromatic rings. The van der Waals surface area contributed by atoms with Gasteiger partial charge in [0.05, 0.1) is 11.0 Å². The van der Waals surface area contributed by atoms with Crippen molar-refractivity contribution in [3.8, 4) is 5.75 Å². The summed E-state index contributed by atoms with van der Waals surface area (Å²) in [6.45, 7) is 3.67. The minimum absolute atomic E-state index is 0.0372. The van der Waals surface area contributed by atoms with Gasteiger partial charge in [-0.1, -0.05) is 44.2 Å². The Labute approximate surface area is 163 Å². The third kappa shape index (κ3) is 4.49. The quantitative estimate of drug-likeness (QED) is 0.626. The van der Waals surface area contributed by atoms with Gasteiger partial charge in [0.15, 0.2) is 0 Å². The van der Waals surface area contributed by atoms with Gasteiger partial charge in [-0.05, 0) is 30.2 Å². The van der Waals surface area contributed by atoms with E-state index in [1.807, 2.05) is 54.6 Å². The Morgan fingerprint density at radius 2 is 1.79 bits per heavy atom. The number of imidazole rings is 1. The molecule has 2 N–H and O–H groups in total. The molecule has 3 rings (SSSR count). The lowest BCUT2D eigenvalue weighted by molar-refractivity contribution is -0.143. The fourth-order valence-electron chi connectivity index (χ4n) is 2.95. The molecule has 7 nitrogen and oxygen atoms in total. The van der Waals surface area contributed by atoms with Crippen molar-refractivity contribution in [2.45, 2.75) is 33.0 Å². The molecule has 7 heteroatoms. The molecule has 2 aromatic carbocycles. The molecular formula is C21H23N3O4. The van der Waals surface area contributed by atoms with Crippen molar-refractivity contribution >= 4 is 22.9 Å². The fraction of sp³-hybridized carbons (Fsp3) is 0.286. The highest BCUT2D eigenvalue weighted by molar-refractivity contribution is 5.85. The van der Waals surface area contributed by atoms with Gasteiger partial charge in [0.2, 0.25) is 5.91 Å². The predicted molar refractivity (Wildman–Crippen MR) is 105 cm³/mol. The van der Waals surface area contributed by atoms with Crippen LogP contribution < -0.4 is 10.1 Å². The first-order valence-corrected chi connectivity index (χ1v) is 9.10. The summed E-state index contributed by atoms with van der Waals surface area (Å²) >= 11 is 0. The van der Waals surface area contributed by atoms with Crippen LogP contribution in [0.15, 0.2) is 54.6 Å². The lowest BCUT2D eigenvalue weighted by Gasteiger charge is -2.18. The Hall–Kier alpha value is -3.35. The molecule has 1 aromatic heterocycles. The zero-order valence-corrected chi connectivity index (χ0v) is 15.8. The molecule has 1 atom stereocenters. The second-order valence-corrected chi connectivity index (χ2v) is 6.83. The van der Waals surface area contributed by atoms with E-state index < -0.39 is 12.0 Å². The average molecular weight is 381 g/mol. The largest absolute Gasteiger partial charge is 0.486 e. The topological polar surface area (TPSA) is 93.5 Å². The van der Waals surface area contributed by atoms with Crippen molar-refractivity contribution in [3.63, 3.8) is 0 Å². The van der Waals surface area contributed by atoms with Gasteiger partial charge in [0.1, 0.15) is 30.8 Å². The number of carboxylic acid groups (broad SMARTS) is 1. The van der Waals surface area contributed by atoms with Crippen LogP contribution in [-0.2, 0) is 22.7 Å². The molecule has 0 spiro atoms. The number of carboxylic acids is 1. The molecule has 0 fully saturated rings. The molecule has 0 aliphatic carbocycles. The van der Waals surface area contributed by atoms with Gasteiger partial charge in [0.25, 0.3) is 0 Å². The van der Waals surface area contributed by atoms with Crippen LogP contribution in [0.1, 0.15) is 19.7 Å². The molecular weight excluding hydrogens is 358 g/mol. The van der Waals surface area contributed by atoms with Crippen LogP contribution in [0.5, 0.6) is 5.75 Å². The molecule has 0 aliphatic heterocycles. The van der Waals surface area contributed by atoms with Gasteiger partial charge in [-0.2, -0.15) is 0 Å². The second kappa shape index (κ2) is 8.56. The van der Waals surface area contributed by atoms with Crippen molar-refractivity contribution in [2.24, 2.45) is 5.92 Å². The number of rotatable bonds is 8. The van der Waals surface area contributed by atoms with Gasteiger partial charge < -0.3 is 19.7 Å². The molecule has 146 valence electrons. The molecule has 0 aliphatic rings. The molecule has 1 heterocycles. The fourth-order valence-corrected chi connectivity index (χ4v) is 2.95. The highest BCUT2D eigenvalue weighted by atomic mass is 16.5. The van der Waals surface area contributed by atoms with E-state index in [1.54, 1.807) is 18.4 Å². The number of ether oxygens (including phenoxy) is 1. The standard InChI is InChI=1S/C21H23N3O4/c1-14(2)20(21(26)27)23-19(25)12-24-17-11-7-6-10-16(17)22-18(24)13-28-15-8-4-3-5-9-15/h3-11,14,20H,12-13H2,1-2H3,(H,23,25)(H,26,27). The summed E-state index contributed by atoms with van der Waals surface area (Å²) in [5.41, 5.74) is 1.54. The van der Waals surface area contributed by atoms with Gasteiger partial charge >= 0.3 is 5.97 Å². The summed E-state index contributed by atoms with van der Waals surface area (Å²) in [6, 6.07) is 15.9. The molecule has 0 bridgehead atoms. The minimum Gasteiger partial charge on any atom is -0.486 e. The van der Waals surface area contributed by atoms with Gasteiger partial charge in [-0.15, -0.1) is 0 Å². The monoisotopic (exact) mass is 381 g/mol. The number of hydrogen-bond acceptors (Lipinski definition) is 4. The first-order valence-electron chi connectivity index (χ1n) is 9.10. The average Bonchev–Trinajstić information content (AvgIpc) is 3.02. The Morgan fingerprint density at radius 3 is 2.46 bits per heavy atom. The Bertz CT molecular complexity index is 966. The Morgan fingerprint density at radius 1 is 1.11 bits per heavy atom. The summed E-state index contributed by atoms with van der Waals surface area (Å²) in [7, 11) is 0. The third-order valence-corrected chi connectivity index (χ3v) is 4.40. The van der Waals surface area contributed by atoms with E-state index in [0.717, 1.165) is 11.0 Å². The van der Waals surface area contributed by atoms with Crippen LogP contribution in [0.3, 0.4) is 0 Å². The van der Waals surface area contributed by atoms with Crippen LogP contribution >= 0.6 is 0 Å². The van der Waals surface area contributed by atoms with Crippen LogP contribution in [0, 0.1) is 5.92 Å². The van der Waals surface area contributed by atoms with Crippen LogP contribution in [0.2, 0.25) is 0 Å². The zero-order chi connectivity index (χ0) is 20.1. The molecule has 0 saturated carbocycles. The predicted octanol–water partition coefficient (Wildman–Crippen LogP) is 2.84. The summed E-state index contributed by atoms with van der Waals surface area (Å²) in [5, 5.41) is 11.9. The maximum absolute atomic E-state index is 12.5. The zero-order valence-electron chi connectivity index (χ0n) is 15.8. The number of hydrogen-bond donors (Lipinski definition) is 2. The number of aliphatic carboxylic acids is 1. The van der Waals surface area contributed by atoms with E-state index in [4.69, 9.17) is 4.74 Å². The highest BCUT2D eigenvalue weighted by Crippen LogP contribution is 2.18. The molecule has 0 saturated heterocycles. The minimum atomic E-state index is -1.05. The van der Waals surface area contributed by atoms with E-state index in [0.29, 0.717) is 11.6 Å². The molecule has 1 unspecified atom stereocenters. The van der Waals surface area contributed by atoms with Crippen molar-refractivity contribution < 1.29 is 19.4 Å². The van der Waals surface area contributed by atoms with Crippen molar-refractivity contribution in [1.29, 1.82) is 0 Å². The number of carbonyl (C=O) groups is 2. The van der Waals surface area contributed by atoms with E-state index in [-0.39, 0.29) is 25.0 Å². The second-order valence-electron chi connectivity index (χ2n) is 6.83. The molecule has 0 radical (unpaired) electrons. The summed E-state index contributed by atoms with van der Waals surface area (Å²) in [6.07, 6.45) is 0. The maximum atomic E-state index is 12.5. The van der Waals surface area contributed by atoms with E-state index in [1.165, 1.54) is 0 Å². The van der Waals surface area contributed by atoms with Crippen molar-refractivity contribution in [3.05, 3.63) is 60.4 Å². The van der Waals surface area contributed by atoms with Gasteiger partial charge in [0, 0.05) is 0 Å². The number of amides is 1. The Kier molecular flexibility index (Phi) is 5.93.